The van der Waals surface area contributed by atoms with Crippen molar-refractivity contribution in [2.75, 3.05) is 29.0 Å². The fourth-order valence-electron chi connectivity index (χ4n) is 2.78. The molecule has 12 heteroatoms. The Morgan fingerprint density at radius 3 is 2.13 bits per heavy atom. The van der Waals surface area contributed by atoms with Crippen molar-refractivity contribution in [3.8, 4) is 12.1 Å². The highest BCUT2D eigenvalue weighted by molar-refractivity contribution is 7.92. The number of anilines is 2. The molecule has 0 aliphatic rings. The molecule has 0 spiro atoms. The fourth-order valence-corrected chi connectivity index (χ4v) is 3.35. The summed E-state index contributed by atoms with van der Waals surface area (Å²) < 4.78 is 26.0. The molecule has 2 aromatic carbocycles. The highest BCUT2D eigenvalue weighted by atomic mass is 32.2. The molecule has 0 aliphatic carbocycles. The van der Waals surface area contributed by atoms with Crippen molar-refractivity contribution in [1.82, 2.24) is 0 Å². The van der Waals surface area contributed by atoms with Crippen LogP contribution in [0.5, 0.6) is 0 Å². The van der Waals surface area contributed by atoms with Gasteiger partial charge in [-0.05, 0) is 32.0 Å². The predicted molar refractivity (Wildman–Crippen MR) is 115 cm³/mol. The topological polar surface area (TPSA) is 165 Å². The van der Waals surface area contributed by atoms with Crippen LogP contribution in [0.2, 0.25) is 0 Å². The Labute approximate surface area is 179 Å². The third-order valence-electron chi connectivity index (χ3n) is 4.21. The maximum absolute atomic E-state index is 11.8. The predicted octanol–water partition coefficient (Wildman–Crippen LogP) is 3.97. The minimum atomic E-state index is -3.63. The van der Waals surface area contributed by atoms with Gasteiger partial charge in [0.1, 0.15) is 23.5 Å². The van der Waals surface area contributed by atoms with Gasteiger partial charge in [0.25, 0.3) is 5.69 Å². The average molecular weight is 441 g/mol. The zero-order valence-electron chi connectivity index (χ0n) is 17.0. The Balaban J connectivity index is 2.61. The second-order valence-corrected chi connectivity index (χ2v) is 8.07. The highest BCUT2D eigenvalue weighted by Crippen LogP contribution is 2.34. The largest absolute Gasteiger partial charge is 0.372 e. The summed E-state index contributed by atoms with van der Waals surface area (Å²) in [6.45, 7) is 5.33. The Hall–Kier alpha value is -4.03. The molecular weight excluding hydrogens is 422 g/mol. The lowest BCUT2D eigenvalue weighted by Gasteiger charge is -2.22. The number of non-ortho nitro benzene ring substituents is 1. The molecule has 0 unspecified atom stereocenters. The molecule has 0 saturated heterocycles. The molecule has 0 aromatic heterocycles. The smallest absolute Gasteiger partial charge is 0.272 e. The molecule has 2 rings (SSSR count). The van der Waals surface area contributed by atoms with Crippen LogP contribution in [0.1, 0.15) is 25.0 Å². The second-order valence-electron chi connectivity index (χ2n) is 6.32. The van der Waals surface area contributed by atoms with Crippen LogP contribution >= 0.6 is 0 Å². The summed E-state index contributed by atoms with van der Waals surface area (Å²) >= 11 is 0. The first-order chi connectivity index (χ1) is 14.6. The number of azo groups is 1. The van der Waals surface area contributed by atoms with Crippen molar-refractivity contribution in [3.63, 3.8) is 0 Å². The van der Waals surface area contributed by atoms with E-state index in [1.54, 1.807) is 30.3 Å². The molecule has 0 bridgehead atoms. The van der Waals surface area contributed by atoms with Gasteiger partial charge in [0, 0.05) is 30.9 Å². The van der Waals surface area contributed by atoms with Gasteiger partial charge in [-0.3, -0.25) is 14.8 Å². The first kappa shape index (κ1) is 23.3. The normalized spacial score (nSPS) is 11.0. The van der Waals surface area contributed by atoms with E-state index in [2.05, 4.69) is 15.0 Å². The van der Waals surface area contributed by atoms with Gasteiger partial charge in [0.15, 0.2) is 0 Å². The third kappa shape index (κ3) is 5.74. The molecule has 1 N–H and O–H groups in total. The minimum Gasteiger partial charge on any atom is -0.372 e. The monoisotopic (exact) mass is 441 g/mol. The SMILES string of the molecule is CCN(CC)c1ccc(/N=N/c2c(C#N)cc([N+](=O)[O-])cc2C#N)c(NS(C)(=O)=O)c1. The maximum atomic E-state index is 11.8. The number of nitrogens with zero attached hydrogens (tertiary/aromatic N) is 6. The van der Waals surface area contributed by atoms with Gasteiger partial charge in [0.05, 0.1) is 28.0 Å². The van der Waals surface area contributed by atoms with Crippen LogP contribution in [-0.2, 0) is 10.0 Å². The number of hydrogen-bond donors (Lipinski definition) is 1. The van der Waals surface area contributed by atoms with Crippen LogP contribution in [0.25, 0.3) is 0 Å². The van der Waals surface area contributed by atoms with E-state index < -0.39 is 20.6 Å². The standard InChI is InChI=1S/C19H19N7O4S/c1-4-25(5-2)15-6-7-17(18(10-15)24-31(3,29)30)22-23-19-13(11-20)8-16(26(27)28)9-14(19)12-21/h6-10,24H,4-5H2,1-3H3/b23-22+. The van der Waals surface area contributed by atoms with E-state index in [1.807, 2.05) is 18.7 Å². The summed E-state index contributed by atoms with van der Waals surface area (Å²) in [5.41, 5.74) is 0.102. The summed E-state index contributed by atoms with van der Waals surface area (Å²) in [6, 6.07) is 10.4. The first-order valence-electron chi connectivity index (χ1n) is 9.04. The van der Waals surface area contributed by atoms with Crippen LogP contribution in [0.15, 0.2) is 40.6 Å². The van der Waals surface area contributed by atoms with Crippen LogP contribution in [-0.4, -0.2) is 32.7 Å². The van der Waals surface area contributed by atoms with Crippen LogP contribution in [0.3, 0.4) is 0 Å². The lowest BCUT2D eigenvalue weighted by Crippen LogP contribution is -2.22. The number of nitriles is 2. The third-order valence-corrected chi connectivity index (χ3v) is 4.80. The van der Waals surface area contributed by atoms with E-state index in [9.17, 15) is 29.1 Å². The molecule has 0 amide bonds. The zero-order chi connectivity index (χ0) is 23.2. The van der Waals surface area contributed by atoms with Crippen molar-refractivity contribution in [2.45, 2.75) is 13.8 Å². The van der Waals surface area contributed by atoms with Crippen LogP contribution < -0.4 is 9.62 Å². The number of nitro benzene ring substituents is 1. The molecule has 0 atom stereocenters. The van der Waals surface area contributed by atoms with Gasteiger partial charge < -0.3 is 4.90 Å². The zero-order valence-corrected chi connectivity index (χ0v) is 17.8. The lowest BCUT2D eigenvalue weighted by atomic mass is 10.1. The van der Waals surface area contributed by atoms with Crippen LogP contribution in [0, 0.1) is 32.8 Å². The van der Waals surface area contributed by atoms with E-state index in [1.165, 1.54) is 0 Å². The van der Waals surface area contributed by atoms with Gasteiger partial charge in [-0.15, -0.1) is 10.2 Å². The molecule has 0 radical (unpaired) electrons. The van der Waals surface area contributed by atoms with Gasteiger partial charge >= 0.3 is 0 Å². The van der Waals surface area contributed by atoms with E-state index in [0.717, 1.165) is 24.1 Å². The number of rotatable bonds is 8. The Morgan fingerprint density at radius 1 is 1.10 bits per heavy atom. The molecule has 0 aliphatic heterocycles. The highest BCUT2D eigenvalue weighted by Gasteiger charge is 2.17. The summed E-state index contributed by atoms with van der Waals surface area (Å²) in [6.07, 6.45) is 0.996. The van der Waals surface area contributed by atoms with Crippen molar-refractivity contribution >= 4 is 38.5 Å². The number of nitrogens with one attached hydrogen (secondary N) is 1. The minimum absolute atomic E-state index is 0.145. The summed E-state index contributed by atoms with van der Waals surface area (Å²) in [5, 5.41) is 37.6. The molecule has 2 aromatic rings. The molecule has 0 heterocycles. The van der Waals surface area contributed by atoms with E-state index >= 15 is 0 Å². The molecule has 0 fully saturated rings. The van der Waals surface area contributed by atoms with E-state index in [-0.39, 0.29) is 28.2 Å². The van der Waals surface area contributed by atoms with Gasteiger partial charge in [-0.25, -0.2) is 8.42 Å². The molecule has 0 saturated carbocycles. The summed E-state index contributed by atoms with van der Waals surface area (Å²) in [5.74, 6) is 0. The van der Waals surface area contributed by atoms with Gasteiger partial charge in [-0.2, -0.15) is 10.5 Å². The van der Waals surface area contributed by atoms with E-state index in [0.29, 0.717) is 13.1 Å². The lowest BCUT2D eigenvalue weighted by molar-refractivity contribution is -0.384. The maximum Gasteiger partial charge on any atom is 0.272 e. The molecule has 11 nitrogen and oxygen atoms in total. The first-order valence-corrected chi connectivity index (χ1v) is 10.9. The Kier molecular flexibility index (Phi) is 7.24. The van der Waals surface area contributed by atoms with Crippen LogP contribution in [0.4, 0.5) is 28.4 Å². The number of benzene rings is 2. The number of sulfonamides is 1. The summed E-state index contributed by atoms with van der Waals surface area (Å²) in [7, 11) is -3.63. The number of nitro groups is 1. The van der Waals surface area contributed by atoms with Crippen molar-refractivity contribution in [3.05, 3.63) is 51.6 Å². The average Bonchev–Trinajstić information content (AvgIpc) is 2.72. The Morgan fingerprint density at radius 2 is 1.68 bits per heavy atom. The van der Waals surface area contributed by atoms with Gasteiger partial charge in [0.2, 0.25) is 10.0 Å². The number of hydrogen-bond acceptors (Lipinski definition) is 9. The molecule has 160 valence electrons. The van der Waals surface area contributed by atoms with Crippen molar-refractivity contribution in [2.24, 2.45) is 10.2 Å². The summed E-state index contributed by atoms with van der Waals surface area (Å²) in [4.78, 5) is 12.3. The molecular formula is C19H19N7O4S. The Bertz CT molecular complexity index is 1190. The van der Waals surface area contributed by atoms with Crippen molar-refractivity contribution in [1.29, 1.82) is 10.5 Å². The quantitative estimate of drug-likeness (QED) is 0.367. The fraction of sp³-hybridized carbons (Fsp3) is 0.263. The van der Waals surface area contributed by atoms with Crippen molar-refractivity contribution < 1.29 is 13.3 Å². The van der Waals surface area contributed by atoms with Gasteiger partial charge in [-0.1, -0.05) is 0 Å². The molecule has 31 heavy (non-hydrogen) atoms. The van der Waals surface area contributed by atoms with E-state index in [4.69, 9.17) is 0 Å². The second kappa shape index (κ2) is 9.65.